The minimum absolute atomic E-state index is 0.0502. The first kappa shape index (κ1) is 15.3. The Morgan fingerprint density at radius 1 is 1.24 bits per heavy atom. The zero-order chi connectivity index (χ0) is 15.1. The van der Waals surface area contributed by atoms with E-state index in [0.717, 1.165) is 17.0 Å². The third kappa shape index (κ3) is 4.72. The Labute approximate surface area is 128 Å². The number of carbonyl (C=O) groups is 1. The second-order valence-electron chi connectivity index (χ2n) is 4.45. The molecule has 1 N–H and O–H groups in total. The van der Waals surface area contributed by atoms with Gasteiger partial charge in [0.2, 0.25) is 0 Å². The second kappa shape index (κ2) is 7.59. The molecular weight excluding hydrogens is 284 g/mol. The zero-order valence-electron chi connectivity index (χ0n) is 12.1. The first-order chi connectivity index (χ1) is 10.2. The number of aryl methyl sites for hydroxylation is 1. The van der Waals surface area contributed by atoms with Crippen LogP contribution in [0.3, 0.4) is 0 Å². The molecule has 2 aromatic rings. The first-order valence-corrected chi connectivity index (χ1v) is 7.60. The first-order valence-electron chi connectivity index (χ1n) is 6.79. The number of carbonyl (C=O) groups excluding carboxylic acids is 1. The standard InChI is InChI=1S/C16H18N2O2S/c1-3-14-9-10-15(21-14)12(2)17-18-16(19)11-20-13-7-5-4-6-8-13/h4-10H,3,11H2,1-2H3,(H,18,19). The lowest BCUT2D eigenvalue weighted by molar-refractivity contribution is -0.123. The molecule has 0 saturated carbocycles. The lowest BCUT2D eigenvalue weighted by Crippen LogP contribution is -2.25. The predicted octanol–water partition coefficient (Wildman–Crippen LogP) is 3.23. The second-order valence-corrected chi connectivity index (χ2v) is 5.62. The molecule has 110 valence electrons. The number of hydrogen-bond acceptors (Lipinski definition) is 4. The summed E-state index contributed by atoms with van der Waals surface area (Å²) in [6, 6.07) is 13.3. The maximum atomic E-state index is 11.7. The van der Waals surface area contributed by atoms with E-state index in [1.54, 1.807) is 23.5 Å². The summed E-state index contributed by atoms with van der Waals surface area (Å²) in [6.07, 6.45) is 1.01. The molecule has 0 atom stereocenters. The van der Waals surface area contributed by atoms with Crippen molar-refractivity contribution in [2.45, 2.75) is 20.3 Å². The summed E-state index contributed by atoms with van der Waals surface area (Å²) in [4.78, 5) is 14.0. The maximum absolute atomic E-state index is 11.7. The number of ether oxygens (including phenoxy) is 1. The van der Waals surface area contributed by atoms with E-state index in [1.165, 1.54) is 4.88 Å². The van der Waals surface area contributed by atoms with Crippen LogP contribution in [0.2, 0.25) is 0 Å². The van der Waals surface area contributed by atoms with Crippen LogP contribution >= 0.6 is 11.3 Å². The summed E-state index contributed by atoms with van der Waals surface area (Å²) in [6.45, 7) is 3.94. The Bertz CT molecular complexity index is 620. The SMILES string of the molecule is CCc1ccc(C(C)=NNC(=O)COc2ccccc2)s1. The van der Waals surface area contributed by atoms with Crippen LogP contribution < -0.4 is 10.2 Å². The van der Waals surface area contributed by atoms with Crippen LogP contribution in [0.4, 0.5) is 0 Å². The average molecular weight is 302 g/mol. The number of amides is 1. The van der Waals surface area contributed by atoms with Gasteiger partial charge in [-0.1, -0.05) is 25.1 Å². The highest BCUT2D eigenvalue weighted by atomic mass is 32.1. The van der Waals surface area contributed by atoms with Crippen molar-refractivity contribution in [1.29, 1.82) is 0 Å². The number of benzene rings is 1. The number of thiophene rings is 1. The number of hydrogen-bond donors (Lipinski definition) is 1. The van der Waals surface area contributed by atoms with Gasteiger partial charge in [-0.2, -0.15) is 5.10 Å². The van der Waals surface area contributed by atoms with Gasteiger partial charge in [-0.05, 0) is 37.6 Å². The monoisotopic (exact) mass is 302 g/mol. The lowest BCUT2D eigenvalue weighted by atomic mass is 10.3. The highest BCUT2D eigenvalue weighted by Gasteiger charge is 2.04. The van der Waals surface area contributed by atoms with E-state index >= 15 is 0 Å². The van der Waals surface area contributed by atoms with Crippen LogP contribution in [0, 0.1) is 0 Å². The third-order valence-electron chi connectivity index (χ3n) is 2.83. The minimum atomic E-state index is -0.273. The molecule has 0 unspecified atom stereocenters. The summed E-state index contributed by atoms with van der Waals surface area (Å²) >= 11 is 1.69. The Morgan fingerprint density at radius 3 is 2.67 bits per heavy atom. The van der Waals surface area contributed by atoms with Crippen LogP contribution in [0.1, 0.15) is 23.6 Å². The van der Waals surface area contributed by atoms with Gasteiger partial charge in [0.1, 0.15) is 5.75 Å². The van der Waals surface area contributed by atoms with E-state index in [0.29, 0.717) is 5.75 Å². The van der Waals surface area contributed by atoms with Crippen LogP contribution in [0.5, 0.6) is 5.75 Å². The van der Waals surface area contributed by atoms with Gasteiger partial charge in [-0.3, -0.25) is 4.79 Å². The number of rotatable bonds is 6. The molecule has 1 aromatic carbocycles. The number of nitrogens with one attached hydrogen (secondary N) is 1. The van der Waals surface area contributed by atoms with Gasteiger partial charge < -0.3 is 4.74 Å². The molecule has 0 bridgehead atoms. The molecule has 0 fully saturated rings. The molecule has 4 nitrogen and oxygen atoms in total. The van der Waals surface area contributed by atoms with Crippen molar-refractivity contribution in [3.63, 3.8) is 0 Å². The largest absolute Gasteiger partial charge is 0.484 e. The quantitative estimate of drug-likeness (QED) is 0.658. The van der Waals surface area contributed by atoms with E-state index in [2.05, 4.69) is 23.5 Å². The molecule has 0 radical (unpaired) electrons. The highest BCUT2D eigenvalue weighted by molar-refractivity contribution is 7.14. The minimum Gasteiger partial charge on any atom is -0.484 e. The van der Waals surface area contributed by atoms with Gasteiger partial charge in [-0.25, -0.2) is 5.43 Å². The molecule has 1 amide bonds. The maximum Gasteiger partial charge on any atom is 0.277 e. The van der Waals surface area contributed by atoms with E-state index in [1.807, 2.05) is 31.2 Å². The van der Waals surface area contributed by atoms with E-state index in [-0.39, 0.29) is 12.5 Å². The molecule has 1 aromatic heterocycles. The van der Waals surface area contributed by atoms with Gasteiger partial charge in [0.05, 0.1) is 10.6 Å². The lowest BCUT2D eigenvalue weighted by Gasteiger charge is -2.04. The molecule has 1 heterocycles. The van der Waals surface area contributed by atoms with Gasteiger partial charge in [0.15, 0.2) is 6.61 Å². The van der Waals surface area contributed by atoms with Gasteiger partial charge in [0, 0.05) is 4.88 Å². The highest BCUT2D eigenvalue weighted by Crippen LogP contribution is 2.17. The smallest absolute Gasteiger partial charge is 0.277 e. The van der Waals surface area contributed by atoms with Gasteiger partial charge in [-0.15, -0.1) is 11.3 Å². The molecule has 21 heavy (non-hydrogen) atoms. The molecule has 2 rings (SSSR count). The Morgan fingerprint density at radius 2 is 2.00 bits per heavy atom. The zero-order valence-corrected chi connectivity index (χ0v) is 12.9. The molecule has 0 aliphatic rings. The van der Waals surface area contributed by atoms with Crippen molar-refractivity contribution in [3.05, 3.63) is 52.2 Å². The molecule has 5 heteroatoms. The van der Waals surface area contributed by atoms with Crippen molar-refractivity contribution in [2.75, 3.05) is 6.61 Å². The molecule has 0 spiro atoms. The van der Waals surface area contributed by atoms with Crippen molar-refractivity contribution in [1.82, 2.24) is 5.43 Å². The molecule has 0 saturated heterocycles. The van der Waals surface area contributed by atoms with Crippen molar-refractivity contribution in [2.24, 2.45) is 5.10 Å². The van der Waals surface area contributed by atoms with Crippen molar-refractivity contribution >= 4 is 23.0 Å². The Balaban J connectivity index is 1.83. The average Bonchev–Trinajstić information content (AvgIpc) is 3.00. The Hall–Kier alpha value is -2.14. The van der Waals surface area contributed by atoms with Gasteiger partial charge >= 0.3 is 0 Å². The molecule has 0 aliphatic carbocycles. The number of para-hydroxylation sites is 1. The van der Waals surface area contributed by atoms with Gasteiger partial charge in [0.25, 0.3) is 5.91 Å². The molecular formula is C16H18N2O2S. The fraction of sp³-hybridized carbons (Fsp3) is 0.250. The topological polar surface area (TPSA) is 50.7 Å². The summed E-state index contributed by atoms with van der Waals surface area (Å²) in [7, 11) is 0. The summed E-state index contributed by atoms with van der Waals surface area (Å²) in [5.41, 5.74) is 3.31. The van der Waals surface area contributed by atoms with E-state index in [9.17, 15) is 4.79 Å². The number of nitrogens with zero attached hydrogens (tertiary/aromatic N) is 1. The fourth-order valence-electron chi connectivity index (χ4n) is 1.66. The fourth-order valence-corrected chi connectivity index (χ4v) is 2.55. The molecule has 0 aliphatic heterocycles. The predicted molar refractivity (Wildman–Crippen MR) is 86.0 cm³/mol. The van der Waals surface area contributed by atoms with Crippen LogP contribution in [0.25, 0.3) is 0 Å². The third-order valence-corrected chi connectivity index (χ3v) is 4.17. The van der Waals surface area contributed by atoms with Crippen LogP contribution in [-0.2, 0) is 11.2 Å². The summed E-state index contributed by atoms with van der Waals surface area (Å²) in [5.74, 6) is 0.393. The van der Waals surface area contributed by atoms with E-state index in [4.69, 9.17) is 4.74 Å². The summed E-state index contributed by atoms with van der Waals surface area (Å²) < 4.78 is 5.35. The number of hydrazone groups is 1. The normalized spacial score (nSPS) is 11.2. The van der Waals surface area contributed by atoms with Crippen molar-refractivity contribution in [3.8, 4) is 5.75 Å². The Kier molecular flexibility index (Phi) is 5.51. The van der Waals surface area contributed by atoms with Crippen LogP contribution in [-0.4, -0.2) is 18.2 Å². The van der Waals surface area contributed by atoms with Crippen molar-refractivity contribution < 1.29 is 9.53 Å². The van der Waals surface area contributed by atoms with Crippen LogP contribution in [0.15, 0.2) is 47.6 Å². The van der Waals surface area contributed by atoms with E-state index < -0.39 is 0 Å². The summed E-state index contributed by atoms with van der Waals surface area (Å²) in [5, 5.41) is 4.10.